The Morgan fingerprint density at radius 2 is 1.73 bits per heavy atom. The molecule has 1 amide bonds. The summed E-state index contributed by atoms with van der Waals surface area (Å²) in [6.45, 7) is 0.816. The lowest BCUT2D eigenvalue weighted by Gasteiger charge is -2.31. The molecule has 8 heteroatoms. The second-order valence-electron chi connectivity index (χ2n) is 7.70. The van der Waals surface area contributed by atoms with Gasteiger partial charge in [-0.1, -0.05) is 25.3 Å². The number of sulfonamides is 1. The molecule has 160 valence electrons. The van der Waals surface area contributed by atoms with Crippen molar-refractivity contribution in [2.45, 2.75) is 43.0 Å². The first-order valence-corrected chi connectivity index (χ1v) is 11.7. The molecular weight excluding hydrogens is 404 g/mol. The molecule has 2 aliphatic rings. The van der Waals surface area contributed by atoms with Crippen molar-refractivity contribution in [3.8, 4) is 11.5 Å². The largest absolute Gasteiger partial charge is 0.486 e. The average molecular weight is 431 g/mol. The van der Waals surface area contributed by atoms with Gasteiger partial charge in [0.1, 0.15) is 13.2 Å². The Hall–Kier alpha value is -2.74. The van der Waals surface area contributed by atoms with Gasteiger partial charge in [0.15, 0.2) is 11.5 Å². The second-order valence-corrected chi connectivity index (χ2v) is 9.38. The van der Waals surface area contributed by atoms with Crippen LogP contribution in [0, 0.1) is 0 Å². The van der Waals surface area contributed by atoms with Crippen LogP contribution in [0.1, 0.15) is 42.5 Å². The van der Waals surface area contributed by atoms with E-state index in [2.05, 4.69) is 4.72 Å². The number of carbonyl (C=O) groups is 1. The molecule has 0 unspecified atom stereocenters. The van der Waals surface area contributed by atoms with Crippen LogP contribution < -0.4 is 14.2 Å². The van der Waals surface area contributed by atoms with E-state index in [4.69, 9.17) is 9.47 Å². The average Bonchev–Trinajstić information content (AvgIpc) is 2.78. The van der Waals surface area contributed by atoms with Gasteiger partial charge in [-0.25, -0.2) is 8.42 Å². The fraction of sp³-hybridized carbons (Fsp3) is 0.409. The van der Waals surface area contributed by atoms with E-state index in [1.807, 2.05) is 7.05 Å². The smallest absolute Gasteiger partial charge is 0.262 e. The van der Waals surface area contributed by atoms with Gasteiger partial charge in [-0.05, 0) is 43.2 Å². The molecule has 1 saturated carbocycles. The highest BCUT2D eigenvalue weighted by Crippen LogP contribution is 2.33. The van der Waals surface area contributed by atoms with E-state index < -0.39 is 10.0 Å². The number of anilines is 1. The highest BCUT2D eigenvalue weighted by Gasteiger charge is 2.24. The predicted molar refractivity (Wildman–Crippen MR) is 114 cm³/mol. The quantitative estimate of drug-likeness (QED) is 0.782. The Kier molecular flexibility index (Phi) is 5.85. The molecule has 1 aliphatic heterocycles. The van der Waals surface area contributed by atoms with Gasteiger partial charge in [-0.3, -0.25) is 9.52 Å². The third-order valence-corrected chi connectivity index (χ3v) is 7.01. The topological polar surface area (TPSA) is 84.9 Å². The van der Waals surface area contributed by atoms with Gasteiger partial charge in [0.2, 0.25) is 0 Å². The number of amides is 1. The van der Waals surface area contributed by atoms with Crippen LogP contribution in [0.15, 0.2) is 47.4 Å². The highest BCUT2D eigenvalue weighted by molar-refractivity contribution is 7.92. The van der Waals surface area contributed by atoms with Crippen LogP contribution in [0.5, 0.6) is 11.5 Å². The van der Waals surface area contributed by atoms with Crippen molar-refractivity contribution < 1.29 is 22.7 Å². The first-order valence-electron chi connectivity index (χ1n) is 10.2. The van der Waals surface area contributed by atoms with Crippen LogP contribution in [0.25, 0.3) is 0 Å². The molecular formula is C22H26N2O5S. The molecule has 1 N–H and O–H groups in total. The molecule has 0 saturated heterocycles. The molecule has 7 nitrogen and oxygen atoms in total. The zero-order valence-electron chi connectivity index (χ0n) is 17.0. The predicted octanol–water partition coefficient (Wildman–Crippen LogP) is 3.66. The Labute approximate surface area is 177 Å². The minimum atomic E-state index is -3.84. The van der Waals surface area contributed by atoms with E-state index in [0.29, 0.717) is 36.0 Å². The Morgan fingerprint density at radius 3 is 2.50 bits per heavy atom. The van der Waals surface area contributed by atoms with E-state index in [-0.39, 0.29) is 16.8 Å². The van der Waals surface area contributed by atoms with E-state index in [9.17, 15) is 13.2 Å². The van der Waals surface area contributed by atoms with Gasteiger partial charge < -0.3 is 14.4 Å². The third kappa shape index (κ3) is 4.38. The van der Waals surface area contributed by atoms with Gasteiger partial charge in [0.05, 0.1) is 4.90 Å². The van der Waals surface area contributed by atoms with Crippen molar-refractivity contribution in [1.82, 2.24) is 4.90 Å². The number of carbonyl (C=O) groups excluding carboxylic acids is 1. The first kappa shape index (κ1) is 20.5. The molecule has 0 spiro atoms. The normalized spacial score (nSPS) is 16.7. The zero-order valence-corrected chi connectivity index (χ0v) is 17.8. The molecule has 0 radical (unpaired) electrons. The molecule has 30 heavy (non-hydrogen) atoms. The summed E-state index contributed by atoms with van der Waals surface area (Å²) in [5.41, 5.74) is 0.804. The SMILES string of the molecule is CN(C(=O)c1cccc(NS(=O)(=O)c2ccc3c(c2)OCCO3)c1)C1CCCCC1. The summed E-state index contributed by atoms with van der Waals surface area (Å²) in [5.74, 6) is 0.836. The maximum atomic E-state index is 12.9. The first-order chi connectivity index (χ1) is 14.4. The molecule has 0 atom stereocenters. The molecule has 1 fully saturated rings. The van der Waals surface area contributed by atoms with Crippen molar-refractivity contribution in [2.24, 2.45) is 0 Å². The van der Waals surface area contributed by atoms with E-state index in [1.54, 1.807) is 35.2 Å². The summed E-state index contributed by atoms with van der Waals surface area (Å²) in [4.78, 5) is 14.8. The molecule has 2 aromatic carbocycles. The van der Waals surface area contributed by atoms with Crippen molar-refractivity contribution >= 4 is 21.6 Å². The fourth-order valence-electron chi connectivity index (χ4n) is 3.96. The monoisotopic (exact) mass is 430 g/mol. The summed E-state index contributed by atoms with van der Waals surface area (Å²) in [7, 11) is -2.02. The van der Waals surface area contributed by atoms with Gasteiger partial charge in [-0.2, -0.15) is 0 Å². The van der Waals surface area contributed by atoms with Crippen LogP contribution >= 0.6 is 0 Å². The summed E-state index contributed by atoms with van der Waals surface area (Å²) < 4.78 is 39.2. The lowest BCUT2D eigenvalue weighted by Crippen LogP contribution is -2.38. The molecule has 1 aliphatic carbocycles. The van der Waals surface area contributed by atoms with Gasteiger partial charge in [0.25, 0.3) is 15.9 Å². The maximum Gasteiger partial charge on any atom is 0.262 e. The molecule has 4 rings (SSSR count). The summed E-state index contributed by atoms with van der Waals surface area (Å²) >= 11 is 0. The number of hydrogen-bond acceptors (Lipinski definition) is 5. The Morgan fingerprint density at radius 1 is 1.00 bits per heavy atom. The number of nitrogens with zero attached hydrogens (tertiary/aromatic N) is 1. The van der Waals surface area contributed by atoms with Gasteiger partial charge in [-0.15, -0.1) is 0 Å². The minimum Gasteiger partial charge on any atom is -0.486 e. The Balaban J connectivity index is 1.51. The third-order valence-electron chi connectivity index (χ3n) is 5.63. The zero-order chi connectivity index (χ0) is 21.1. The molecule has 2 aromatic rings. The fourth-order valence-corrected chi connectivity index (χ4v) is 5.02. The van der Waals surface area contributed by atoms with Gasteiger partial charge in [0, 0.05) is 30.4 Å². The van der Waals surface area contributed by atoms with Crippen LogP contribution in [-0.4, -0.2) is 45.5 Å². The number of rotatable bonds is 5. The van der Waals surface area contributed by atoms with Crippen LogP contribution in [0.4, 0.5) is 5.69 Å². The number of fused-ring (bicyclic) bond motifs is 1. The number of nitrogens with one attached hydrogen (secondary N) is 1. The second kappa shape index (κ2) is 8.55. The van der Waals surface area contributed by atoms with Crippen LogP contribution in [0.2, 0.25) is 0 Å². The van der Waals surface area contributed by atoms with E-state index >= 15 is 0 Å². The van der Waals surface area contributed by atoms with Crippen molar-refractivity contribution in [3.05, 3.63) is 48.0 Å². The van der Waals surface area contributed by atoms with Crippen molar-refractivity contribution in [1.29, 1.82) is 0 Å². The van der Waals surface area contributed by atoms with E-state index in [1.165, 1.54) is 18.6 Å². The number of hydrogen-bond donors (Lipinski definition) is 1. The van der Waals surface area contributed by atoms with Crippen LogP contribution in [-0.2, 0) is 10.0 Å². The molecule has 0 aromatic heterocycles. The van der Waals surface area contributed by atoms with Crippen LogP contribution in [0.3, 0.4) is 0 Å². The lowest BCUT2D eigenvalue weighted by atomic mass is 9.94. The van der Waals surface area contributed by atoms with E-state index in [0.717, 1.165) is 25.7 Å². The highest BCUT2D eigenvalue weighted by atomic mass is 32.2. The van der Waals surface area contributed by atoms with Gasteiger partial charge >= 0.3 is 0 Å². The summed E-state index contributed by atoms with van der Waals surface area (Å²) in [5, 5.41) is 0. The molecule has 1 heterocycles. The summed E-state index contributed by atoms with van der Waals surface area (Å²) in [6.07, 6.45) is 5.52. The maximum absolute atomic E-state index is 12.9. The lowest BCUT2D eigenvalue weighted by molar-refractivity contribution is 0.0696. The minimum absolute atomic E-state index is 0.0720. The number of ether oxygens (including phenoxy) is 2. The standard InChI is InChI=1S/C22H26N2O5S/c1-24(18-8-3-2-4-9-18)22(25)16-6-5-7-17(14-16)23-30(26,27)19-10-11-20-21(15-19)29-13-12-28-20/h5-7,10-11,14-15,18,23H,2-4,8-9,12-13H2,1H3. The number of benzene rings is 2. The summed E-state index contributed by atoms with van der Waals surface area (Å²) in [6, 6.07) is 11.4. The van der Waals surface area contributed by atoms with Crippen molar-refractivity contribution in [2.75, 3.05) is 25.0 Å². The molecule has 0 bridgehead atoms. The Bertz CT molecular complexity index is 1030. The van der Waals surface area contributed by atoms with Crippen molar-refractivity contribution in [3.63, 3.8) is 0 Å².